The number of nitrogens with zero attached hydrogens (tertiary/aromatic N) is 1. The van der Waals surface area contributed by atoms with Gasteiger partial charge in [0.2, 0.25) is 5.91 Å². The van der Waals surface area contributed by atoms with Crippen LogP contribution < -0.4 is 10.6 Å². The topological polar surface area (TPSA) is 81.7 Å². The van der Waals surface area contributed by atoms with E-state index in [0.717, 1.165) is 19.3 Å². The molecule has 0 bridgehead atoms. The van der Waals surface area contributed by atoms with Crippen LogP contribution >= 0.6 is 0 Å². The molecule has 1 aliphatic heterocycles. The van der Waals surface area contributed by atoms with Gasteiger partial charge in [-0.05, 0) is 19.8 Å². The summed E-state index contributed by atoms with van der Waals surface area (Å²) in [4.78, 5) is 24.8. The normalized spacial score (nSPS) is 21.9. The number of amides is 3. The Balaban J connectivity index is 2.41. The van der Waals surface area contributed by atoms with Gasteiger partial charge in [-0.1, -0.05) is 13.3 Å². The van der Waals surface area contributed by atoms with E-state index in [1.54, 1.807) is 4.90 Å². The molecule has 19 heavy (non-hydrogen) atoms. The van der Waals surface area contributed by atoms with Crippen LogP contribution in [-0.2, 0) is 4.79 Å². The molecule has 6 nitrogen and oxygen atoms in total. The van der Waals surface area contributed by atoms with Crippen LogP contribution in [0.1, 0.15) is 40.0 Å². The fourth-order valence-corrected chi connectivity index (χ4v) is 2.39. The molecule has 1 rings (SSSR count). The second kappa shape index (κ2) is 6.75. The standard InChI is InChI=1S/C13H25N3O3/c1-4-6-13(3,9-17)15-12(19)14-11-5-7-16(8-11)10(2)18/h11,17H,4-9H2,1-3H3,(H2,14,15,19). The van der Waals surface area contributed by atoms with E-state index in [0.29, 0.717) is 13.1 Å². The molecule has 110 valence electrons. The molecular weight excluding hydrogens is 246 g/mol. The Morgan fingerprint density at radius 3 is 2.63 bits per heavy atom. The van der Waals surface area contributed by atoms with Crippen LogP contribution in [-0.4, -0.2) is 53.2 Å². The van der Waals surface area contributed by atoms with Crippen LogP contribution in [0.5, 0.6) is 0 Å². The van der Waals surface area contributed by atoms with Crippen molar-refractivity contribution in [1.29, 1.82) is 0 Å². The van der Waals surface area contributed by atoms with Crippen molar-refractivity contribution in [3.05, 3.63) is 0 Å². The Labute approximate surface area is 114 Å². The van der Waals surface area contributed by atoms with E-state index in [9.17, 15) is 14.7 Å². The maximum absolute atomic E-state index is 11.9. The number of carbonyl (C=O) groups is 2. The maximum atomic E-state index is 11.9. The summed E-state index contributed by atoms with van der Waals surface area (Å²) < 4.78 is 0. The zero-order valence-corrected chi connectivity index (χ0v) is 12.0. The molecule has 0 aromatic carbocycles. The van der Waals surface area contributed by atoms with Crippen molar-refractivity contribution in [2.75, 3.05) is 19.7 Å². The summed E-state index contributed by atoms with van der Waals surface area (Å²) in [5, 5.41) is 15.0. The van der Waals surface area contributed by atoms with Crippen molar-refractivity contribution >= 4 is 11.9 Å². The Kier molecular flexibility index (Phi) is 5.60. The van der Waals surface area contributed by atoms with Gasteiger partial charge in [0.1, 0.15) is 0 Å². The Morgan fingerprint density at radius 1 is 1.47 bits per heavy atom. The minimum Gasteiger partial charge on any atom is -0.394 e. The largest absolute Gasteiger partial charge is 0.394 e. The number of aliphatic hydroxyl groups excluding tert-OH is 1. The molecule has 0 aliphatic carbocycles. The van der Waals surface area contributed by atoms with Gasteiger partial charge in [-0.3, -0.25) is 4.79 Å². The van der Waals surface area contributed by atoms with E-state index in [4.69, 9.17) is 0 Å². The molecule has 0 saturated carbocycles. The van der Waals surface area contributed by atoms with Crippen LogP contribution in [0.2, 0.25) is 0 Å². The van der Waals surface area contributed by atoms with Crippen molar-refractivity contribution < 1.29 is 14.7 Å². The molecule has 2 atom stereocenters. The minimum atomic E-state index is -0.586. The third-order valence-corrected chi connectivity index (χ3v) is 3.53. The molecule has 6 heteroatoms. The summed E-state index contributed by atoms with van der Waals surface area (Å²) in [5.41, 5.74) is -0.586. The second-order valence-electron chi connectivity index (χ2n) is 5.52. The first-order valence-electron chi connectivity index (χ1n) is 6.85. The van der Waals surface area contributed by atoms with Crippen LogP contribution in [0.25, 0.3) is 0 Å². The summed E-state index contributed by atoms with van der Waals surface area (Å²) in [6.45, 7) is 6.53. The second-order valence-corrected chi connectivity index (χ2v) is 5.52. The molecule has 0 aromatic rings. The van der Waals surface area contributed by atoms with Gasteiger partial charge in [-0.2, -0.15) is 0 Å². The van der Waals surface area contributed by atoms with E-state index in [-0.39, 0.29) is 24.6 Å². The third kappa shape index (κ3) is 4.70. The predicted octanol–water partition coefficient (Wildman–Crippen LogP) is 0.458. The van der Waals surface area contributed by atoms with E-state index in [1.165, 1.54) is 6.92 Å². The zero-order valence-electron chi connectivity index (χ0n) is 12.0. The van der Waals surface area contributed by atoms with Crippen molar-refractivity contribution in [3.63, 3.8) is 0 Å². The van der Waals surface area contributed by atoms with E-state index < -0.39 is 5.54 Å². The van der Waals surface area contributed by atoms with Crippen molar-refractivity contribution in [3.8, 4) is 0 Å². The Morgan fingerprint density at radius 2 is 2.16 bits per heavy atom. The summed E-state index contributed by atoms with van der Waals surface area (Å²) in [5.74, 6) is 0.0379. The molecule has 3 amide bonds. The van der Waals surface area contributed by atoms with E-state index in [1.807, 2.05) is 13.8 Å². The molecule has 1 aliphatic rings. The number of nitrogens with one attached hydrogen (secondary N) is 2. The van der Waals surface area contributed by atoms with Gasteiger partial charge in [0.25, 0.3) is 0 Å². The molecule has 3 N–H and O–H groups in total. The Bertz CT molecular complexity index is 335. The van der Waals surface area contributed by atoms with Gasteiger partial charge < -0.3 is 20.6 Å². The number of rotatable bonds is 5. The first kappa shape index (κ1) is 15.8. The molecule has 1 fully saturated rings. The van der Waals surface area contributed by atoms with Gasteiger partial charge >= 0.3 is 6.03 Å². The lowest BCUT2D eigenvalue weighted by Crippen LogP contribution is -2.54. The SMILES string of the molecule is CCCC(C)(CO)NC(=O)NC1CCN(C(C)=O)C1. The van der Waals surface area contributed by atoms with Gasteiger partial charge in [-0.15, -0.1) is 0 Å². The third-order valence-electron chi connectivity index (χ3n) is 3.53. The monoisotopic (exact) mass is 271 g/mol. The fourth-order valence-electron chi connectivity index (χ4n) is 2.39. The number of hydrogen-bond acceptors (Lipinski definition) is 3. The highest BCUT2D eigenvalue weighted by molar-refractivity contribution is 5.76. The highest BCUT2D eigenvalue weighted by atomic mass is 16.3. The summed E-state index contributed by atoms with van der Waals surface area (Å²) in [6.07, 6.45) is 2.39. The average Bonchev–Trinajstić information content (AvgIpc) is 2.77. The number of aliphatic hydroxyl groups is 1. The fraction of sp³-hybridized carbons (Fsp3) is 0.846. The smallest absolute Gasteiger partial charge is 0.315 e. The van der Waals surface area contributed by atoms with Gasteiger partial charge in [0.15, 0.2) is 0 Å². The zero-order chi connectivity index (χ0) is 14.5. The van der Waals surface area contributed by atoms with E-state index in [2.05, 4.69) is 10.6 Å². The van der Waals surface area contributed by atoms with Gasteiger partial charge in [0.05, 0.1) is 12.1 Å². The van der Waals surface area contributed by atoms with Crippen molar-refractivity contribution in [2.45, 2.75) is 51.6 Å². The van der Waals surface area contributed by atoms with Crippen molar-refractivity contribution in [2.24, 2.45) is 0 Å². The molecule has 0 radical (unpaired) electrons. The molecule has 1 heterocycles. The predicted molar refractivity (Wildman–Crippen MR) is 72.7 cm³/mol. The summed E-state index contributed by atoms with van der Waals surface area (Å²) in [7, 11) is 0. The Hall–Kier alpha value is -1.30. The highest BCUT2D eigenvalue weighted by Crippen LogP contribution is 2.12. The first-order chi connectivity index (χ1) is 8.90. The summed E-state index contributed by atoms with van der Waals surface area (Å²) in [6, 6.07) is -0.283. The highest BCUT2D eigenvalue weighted by Gasteiger charge is 2.28. The molecule has 0 aromatic heterocycles. The number of hydrogen-bond donors (Lipinski definition) is 3. The van der Waals surface area contributed by atoms with Gasteiger partial charge in [-0.25, -0.2) is 4.79 Å². The number of carbonyl (C=O) groups excluding carboxylic acids is 2. The van der Waals surface area contributed by atoms with E-state index >= 15 is 0 Å². The molecule has 1 saturated heterocycles. The molecule has 2 unspecified atom stereocenters. The molecular formula is C13H25N3O3. The lowest BCUT2D eigenvalue weighted by Gasteiger charge is -2.29. The van der Waals surface area contributed by atoms with Gasteiger partial charge in [0, 0.05) is 26.1 Å². The lowest BCUT2D eigenvalue weighted by atomic mass is 9.97. The van der Waals surface area contributed by atoms with Crippen molar-refractivity contribution in [1.82, 2.24) is 15.5 Å². The van der Waals surface area contributed by atoms with Crippen LogP contribution in [0, 0.1) is 0 Å². The van der Waals surface area contributed by atoms with Crippen LogP contribution in [0.15, 0.2) is 0 Å². The average molecular weight is 271 g/mol. The van der Waals surface area contributed by atoms with Crippen LogP contribution in [0.4, 0.5) is 4.79 Å². The number of likely N-dealkylation sites (tertiary alicyclic amines) is 1. The quantitative estimate of drug-likeness (QED) is 0.679. The maximum Gasteiger partial charge on any atom is 0.315 e. The van der Waals surface area contributed by atoms with Crippen LogP contribution in [0.3, 0.4) is 0 Å². The lowest BCUT2D eigenvalue weighted by molar-refractivity contribution is -0.127. The molecule has 0 spiro atoms. The first-order valence-corrected chi connectivity index (χ1v) is 6.85. The minimum absolute atomic E-state index is 0.00605. The summed E-state index contributed by atoms with van der Waals surface area (Å²) >= 11 is 0. The number of urea groups is 1.